The fourth-order valence-corrected chi connectivity index (χ4v) is 2.52. The molecule has 4 nitrogen and oxygen atoms in total. The lowest BCUT2D eigenvalue weighted by molar-refractivity contribution is -0.141. The van der Waals surface area contributed by atoms with Gasteiger partial charge in [-0.1, -0.05) is 18.2 Å². The third-order valence-electron chi connectivity index (χ3n) is 3.75. The summed E-state index contributed by atoms with van der Waals surface area (Å²) in [4.78, 5) is 11.2. The average Bonchev–Trinajstić information content (AvgIpc) is 3.06. The number of pyridine rings is 1. The Morgan fingerprint density at radius 2 is 1.58 bits per heavy atom. The summed E-state index contributed by atoms with van der Waals surface area (Å²) in [5.74, 6) is 0.975. The lowest BCUT2D eigenvalue weighted by Crippen LogP contribution is -2.07. The van der Waals surface area contributed by atoms with Gasteiger partial charge in [-0.2, -0.15) is 13.2 Å². The molecule has 26 heavy (non-hydrogen) atoms. The molecule has 130 valence electrons. The number of aromatic amines is 1. The molecular formula is C19H12F3N3O. The molecule has 4 rings (SSSR count). The molecule has 0 bridgehead atoms. The molecule has 2 heterocycles. The van der Waals surface area contributed by atoms with Crippen LogP contribution in [-0.2, 0) is 6.18 Å². The summed E-state index contributed by atoms with van der Waals surface area (Å²) in [6.07, 6.45) is -4.51. The maximum absolute atomic E-state index is 12.7. The number of ether oxygens (including phenoxy) is 1. The van der Waals surface area contributed by atoms with Crippen molar-refractivity contribution in [2.24, 2.45) is 0 Å². The zero-order valence-electron chi connectivity index (χ0n) is 13.3. The van der Waals surface area contributed by atoms with Crippen LogP contribution in [0.2, 0.25) is 0 Å². The van der Waals surface area contributed by atoms with Crippen LogP contribution in [0.5, 0.6) is 11.6 Å². The molecule has 0 aliphatic heterocycles. The van der Waals surface area contributed by atoms with Crippen molar-refractivity contribution in [3.05, 3.63) is 72.4 Å². The lowest BCUT2D eigenvalue weighted by Gasteiger charge is -2.09. The minimum absolute atomic E-state index is 0.115. The number of hydrogen-bond acceptors (Lipinski definition) is 3. The molecule has 2 aromatic carbocycles. The van der Waals surface area contributed by atoms with Gasteiger partial charge in [0.25, 0.3) is 0 Å². The standard InChI is InChI=1S/C19H12F3N3O/c20-19(21,22)16-6-3-7-17(25-16)26-13-10-8-12(9-11-13)18-23-14-4-1-2-5-15(14)24-18/h1-11H,(H,23,24). The highest BCUT2D eigenvalue weighted by atomic mass is 19.4. The molecule has 4 aromatic rings. The summed E-state index contributed by atoms with van der Waals surface area (Å²) in [5, 5.41) is 0. The first kappa shape index (κ1) is 16.1. The van der Waals surface area contributed by atoms with E-state index < -0.39 is 11.9 Å². The molecule has 0 fully saturated rings. The Bertz CT molecular complexity index is 1020. The molecule has 1 N–H and O–H groups in total. The normalized spacial score (nSPS) is 11.7. The van der Waals surface area contributed by atoms with E-state index in [9.17, 15) is 13.2 Å². The van der Waals surface area contributed by atoms with E-state index in [0.717, 1.165) is 22.7 Å². The molecule has 0 atom stereocenters. The smallest absolute Gasteiger partial charge is 0.433 e. The van der Waals surface area contributed by atoms with E-state index in [1.807, 2.05) is 24.3 Å². The van der Waals surface area contributed by atoms with Gasteiger partial charge in [0.2, 0.25) is 5.88 Å². The third kappa shape index (κ3) is 3.23. The van der Waals surface area contributed by atoms with Crippen LogP contribution in [-0.4, -0.2) is 15.0 Å². The summed E-state index contributed by atoms with van der Waals surface area (Å²) in [7, 11) is 0. The Hall–Kier alpha value is -3.35. The van der Waals surface area contributed by atoms with Gasteiger partial charge in [0.15, 0.2) is 0 Å². The van der Waals surface area contributed by atoms with Gasteiger partial charge in [0.1, 0.15) is 17.3 Å². The van der Waals surface area contributed by atoms with Crippen molar-refractivity contribution in [2.75, 3.05) is 0 Å². The molecule has 0 unspecified atom stereocenters. The quantitative estimate of drug-likeness (QED) is 0.533. The molecule has 0 saturated carbocycles. The highest BCUT2D eigenvalue weighted by Crippen LogP contribution is 2.30. The molecule has 0 saturated heterocycles. The first-order valence-corrected chi connectivity index (χ1v) is 7.76. The number of para-hydroxylation sites is 2. The van der Waals surface area contributed by atoms with Crippen molar-refractivity contribution < 1.29 is 17.9 Å². The number of hydrogen-bond donors (Lipinski definition) is 1. The van der Waals surface area contributed by atoms with Gasteiger partial charge in [-0.15, -0.1) is 0 Å². The van der Waals surface area contributed by atoms with Crippen LogP contribution in [0.4, 0.5) is 13.2 Å². The summed E-state index contributed by atoms with van der Waals surface area (Å²) < 4.78 is 43.5. The number of fused-ring (bicyclic) bond motifs is 1. The van der Waals surface area contributed by atoms with Gasteiger partial charge in [-0.25, -0.2) is 9.97 Å². The van der Waals surface area contributed by atoms with Crippen LogP contribution in [0.3, 0.4) is 0 Å². The second-order valence-electron chi connectivity index (χ2n) is 5.59. The van der Waals surface area contributed by atoms with Gasteiger partial charge < -0.3 is 9.72 Å². The van der Waals surface area contributed by atoms with Crippen LogP contribution in [0, 0.1) is 0 Å². The van der Waals surface area contributed by atoms with Crippen molar-refractivity contribution in [1.82, 2.24) is 15.0 Å². The summed E-state index contributed by atoms with van der Waals surface area (Å²) >= 11 is 0. The number of halogens is 3. The fourth-order valence-electron chi connectivity index (χ4n) is 2.52. The van der Waals surface area contributed by atoms with Crippen molar-refractivity contribution in [2.45, 2.75) is 6.18 Å². The third-order valence-corrected chi connectivity index (χ3v) is 3.75. The maximum Gasteiger partial charge on any atom is 0.433 e. The van der Waals surface area contributed by atoms with E-state index in [2.05, 4.69) is 15.0 Å². The minimum Gasteiger partial charge on any atom is -0.439 e. The SMILES string of the molecule is FC(F)(F)c1cccc(Oc2ccc(-c3nc4ccccc4[nH]3)cc2)n1. The van der Waals surface area contributed by atoms with E-state index in [-0.39, 0.29) is 5.88 Å². The maximum atomic E-state index is 12.7. The molecule has 0 radical (unpaired) electrons. The van der Waals surface area contributed by atoms with Crippen LogP contribution in [0.15, 0.2) is 66.7 Å². The van der Waals surface area contributed by atoms with Crippen LogP contribution in [0.1, 0.15) is 5.69 Å². The molecular weight excluding hydrogens is 343 g/mol. The highest BCUT2D eigenvalue weighted by molar-refractivity contribution is 5.79. The predicted molar refractivity (Wildman–Crippen MR) is 90.8 cm³/mol. The monoisotopic (exact) mass is 355 g/mol. The van der Waals surface area contributed by atoms with E-state index in [1.54, 1.807) is 24.3 Å². The summed E-state index contributed by atoms with van der Waals surface area (Å²) in [6.45, 7) is 0. The number of nitrogens with one attached hydrogen (secondary N) is 1. The van der Waals surface area contributed by atoms with Crippen molar-refractivity contribution in [3.63, 3.8) is 0 Å². The molecule has 2 aromatic heterocycles. The lowest BCUT2D eigenvalue weighted by atomic mass is 10.2. The Balaban J connectivity index is 1.56. The molecule has 0 aliphatic carbocycles. The molecule has 0 spiro atoms. The Morgan fingerprint density at radius 1 is 0.808 bits per heavy atom. The van der Waals surface area contributed by atoms with Crippen LogP contribution < -0.4 is 4.74 Å². The number of imidazole rings is 1. The van der Waals surface area contributed by atoms with Crippen LogP contribution >= 0.6 is 0 Å². The zero-order valence-corrected chi connectivity index (χ0v) is 13.3. The fraction of sp³-hybridized carbons (Fsp3) is 0.0526. The molecule has 0 aliphatic rings. The van der Waals surface area contributed by atoms with E-state index in [0.29, 0.717) is 11.6 Å². The van der Waals surface area contributed by atoms with Gasteiger partial charge in [0.05, 0.1) is 11.0 Å². The molecule has 0 amide bonds. The second-order valence-corrected chi connectivity index (χ2v) is 5.59. The van der Waals surface area contributed by atoms with Crippen LogP contribution in [0.25, 0.3) is 22.4 Å². The van der Waals surface area contributed by atoms with Gasteiger partial charge >= 0.3 is 6.18 Å². The summed E-state index contributed by atoms with van der Waals surface area (Å²) in [5.41, 5.74) is 1.63. The van der Waals surface area contributed by atoms with E-state index >= 15 is 0 Å². The number of aromatic nitrogens is 3. The van der Waals surface area contributed by atoms with Gasteiger partial charge in [-0.05, 0) is 42.5 Å². The highest BCUT2D eigenvalue weighted by Gasteiger charge is 2.32. The Morgan fingerprint density at radius 3 is 2.31 bits per heavy atom. The largest absolute Gasteiger partial charge is 0.439 e. The summed E-state index contributed by atoms with van der Waals surface area (Å²) in [6, 6.07) is 18.1. The average molecular weight is 355 g/mol. The first-order chi connectivity index (χ1) is 12.5. The van der Waals surface area contributed by atoms with Crippen molar-refractivity contribution in [3.8, 4) is 23.0 Å². The second kappa shape index (κ2) is 6.18. The van der Waals surface area contributed by atoms with Crippen molar-refractivity contribution in [1.29, 1.82) is 0 Å². The Kier molecular flexibility index (Phi) is 3.84. The first-order valence-electron chi connectivity index (χ1n) is 7.76. The Labute approximate surface area is 146 Å². The molecule has 7 heteroatoms. The van der Waals surface area contributed by atoms with Gasteiger partial charge in [0, 0.05) is 11.6 Å². The number of benzene rings is 2. The number of rotatable bonds is 3. The van der Waals surface area contributed by atoms with Crippen molar-refractivity contribution >= 4 is 11.0 Å². The van der Waals surface area contributed by atoms with E-state index in [1.165, 1.54) is 12.1 Å². The minimum atomic E-state index is -4.51. The zero-order chi connectivity index (χ0) is 18.1. The number of nitrogens with zero attached hydrogens (tertiary/aromatic N) is 2. The number of alkyl halides is 3. The van der Waals surface area contributed by atoms with Gasteiger partial charge in [-0.3, -0.25) is 0 Å². The van der Waals surface area contributed by atoms with E-state index in [4.69, 9.17) is 4.74 Å². The topological polar surface area (TPSA) is 50.8 Å². The number of H-pyrrole nitrogens is 1. The predicted octanol–water partition coefficient (Wildman–Crippen LogP) is 5.44.